The summed E-state index contributed by atoms with van der Waals surface area (Å²) < 4.78 is 7.28. The average Bonchev–Trinajstić information content (AvgIpc) is 3.20. The zero-order valence-electron chi connectivity index (χ0n) is 16.4. The van der Waals surface area contributed by atoms with Crippen molar-refractivity contribution in [2.45, 2.75) is 19.3 Å². The van der Waals surface area contributed by atoms with Crippen molar-refractivity contribution in [3.63, 3.8) is 0 Å². The van der Waals surface area contributed by atoms with Crippen molar-refractivity contribution in [1.82, 2.24) is 19.4 Å². The minimum atomic E-state index is -0.139. The Kier molecular flexibility index (Phi) is 5.12. The molecule has 2 aromatic heterocycles. The molecule has 1 aliphatic rings. The first-order valence-electron chi connectivity index (χ1n) is 9.54. The van der Waals surface area contributed by atoms with E-state index in [-0.39, 0.29) is 17.4 Å². The van der Waals surface area contributed by atoms with Crippen molar-refractivity contribution in [3.8, 4) is 11.6 Å². The van der Waals surface area contributed by atoms with Crippen molar-refractivity contribution < 1.29 is 9.53 Å². The number of hydrogen-bond acceptors (Lipinski definition) is 5. The summed E-state index contributed by atoms with van der Waals surface area (Å²) >= 11 is 0. The van der Waals surface area contributed by atoms with Gasteiger partial charge in [-0.05, 0) is 31.5 Å². The molecule has 148 valence electrons. The van der Waals surface area contributed by atoms with E-state index in [1.807, 2.05) is 37.3 Å². The number of rotatable bonds is 4. The lowest BCUT2D eigenvalue weighted by Gasteiger charge is -2.17. The zero-order chi connectivity index (χ0) is 20.4. The van der Waals surface area contributed by atoms with Gasteiger partial charge in [-0.1, -0.05) is 18.2 Å². The summed E-state index contributed by atoms with van der Waals surface area (Å²) in [6.45, 7) is 3.07. The predicted octanol–water partition coefficient (Wildman–Crippen LogP) is 2.91. The van der Waals surface area contributed by atoms with Crippen LogP contribution in [0.25, 0.3) is 0 Å². The van der Waals surface area contributed by atoms with Gasteiger partial charge >= 0.3 is 0 Å². The van der Waals surface area contributed by atoms with Crippen LogP contribution in [0.15, 0.2) is 59.5 Å². The smallest absolute Gasteiger partial charge is 0.255 e. The minimum absolute atomic E-state index is 0.0458. The standard InChI is InChI=1S/C22H22N4O3/c1-15-12-19(29-18-6-4-3-5-7-18)24-21(23-15)16-10-11-26(14-16)22(28)17-8-9-20(27)25(2)13-17/h3-9,12-13,16H,10-11,14H2,1-2H3/t16-/m0/s1. The number of carbonyl (C=O) groups excluding carboxylic acids is 1. The highest BCUT2D eigenvalue weighted by Crippen LogP contribution is 2.28. The second kappa shape index (κ2) is 7.87. The lowest BCUT2D eigenvalue weighted by atomic mass is 10.1. The lowest BCUT2D eigenvalue weighted by molar-refractivity contribution is 0.0789. The van der Waals surface area contributed by atoms with E-state index < -0.39 is 0 Å². The molecule has 1 aliphatic heterocycles. The van der Waals surface area contributed by atoms with Crippen LogP contribution in [0.1, 0.15) is 34.2 Å². The first-order valence-corrected chi connectivity index (χ1v) is 9.54. The SMILES string of the molecule is Cc1cc(Oc2ccccc2)nc([C@H]2CCN(C(=O)c3ccc(=O)n(C)c3)C2)n1. The molecule has 1 saturated heterocycles. The van der Waals surface area contributed by atoms with Crippen LogP contribution in [0.3, 0.4) is 0 Å². The quantitative estimate of drug-likeness (QED) is 0.685. The monoisotopic (exact) mass is 390 g/mol. The van der Waals surface area contributed by atoms with Gasteiger partial charge in [-0.2, -0.15) is 4.98 Å². The molecule has 1 fully saturated rings. The van der Waals surface area contributed by atoms with E-state index in [1.165, 1.54) is 10.6 Å². The fourth-order valence-electron chi connectivity index (χ4n) is 3.46. The molecule has 0 aliphatic carbocycles. The van der Waals surface area contributed by atoms with Gasteiger partial charge in [-0.25, -0.2) is 4.98 Å². The van der Waals surface area contributed by atoms with Gasteiger partial charge in [0.15, 0.2) is 0 Å². The number of para-hydroxylation sites is 1. The van der Waals surface area contributed by atoms with Crippen molar-refractivity contribution in [3.05, 3.63) is 82.2 Å². The molecule has 0 N–H and O–H groups in total. The van der Waals surface area contributed by atoms with E-state index in [0.717, 1.165) is 17.9 Å². The van der Waals surface area contributed by atoms with Crippen LogP contribution in [0.2, 0.25) is 0 Å². The summed E-state index contributed by atoms with van der Waals surface area (Å²) in [7, 11) is 1.64. The van der Waals surface area contributed by atoms with Crippen molar-refractivity contribution in [2.24, 2.45) is 7.05 Å². The molecular weight excluding hydrogens is 368 g/mol. The van der Waals surface area contributed by atoms with E-state index in [0.29, 0.717) is 30.4 Å². The number of amides is 1. The molecule has 3 heterocycles. The number of benzene rings is 1. The normalized spacial score (nSPS) is 16.1. The number of carbonyl (C=O) groups is 1. The highest BCUT2D eigenvalue weighted by atomic mass is 16.5. The molecular formula is C22H22N4O3. The molecule has 0 spiro atoms. The number of aromatic nitrogens is 3. The fraction of sp³-hybridized carbons (Fsp3) is 0.273. The van der Waals surface area contributed by atoms with Crippen LogP contribution in [0, 0.1) is 6.92 Å². The molecule has 7 heteroatoms. The molecule has 0 bridgehead atoms. The zero-order valence-corrected chi connectivity index (χ0v) is 16.4. The first kappa shape index (κ1) is 18.9. The Morgan fingerprint density at radius 1 is 1.14 bits per heavy atom. The van der Waals surface area contributed by atoms with E-state index in [2.05, 4.69) is 9.97 Å². The van der Waals surface area contributed by atoms with Crippen molar-refractivity contribution in [1.29, 1.82) is 0 Å². The molecule has 0 radical (unpaired) electrons. The van der Waals surface area contributed by atoms with Gasteiger partial charge in [0.05, 0.1) is 5.56 Å². The van der Waals surface area contributed by atoms with E-state index in [9.17, 15) is 9.59 Å². The van der Waals surface area contributed by atoms with Crippen LogP contribution in [-0.4, -0.2) is 38.4 Å². The van der Waals surface area contributed by atoms with Crippen LogP contribution in [0.4, 0.5) is 0 Å². The second-order valence-electron chi connectivity index (χ2n) is 7.22. The summed E-state index contributed by atoms with van der Waals surface area (Å²) in [5.74, 6) is 1.86. The van der Waals surface area contributed by atoms with Gasteiger partial charge in [0.25, 0.3) is 5.91 Å². The summed E-state index contributed by atoms with van der Waals surface area (Å²) in [6, 6.07) is 14.3. The van der Waals surface area contributed by atoms with Gasteiger partial charge < -0.3 is 14.2 Å². The summed E-state index contributed by atoms with van der Waals surface area (Å²) in [5.41, 5.74) is 1.19. The molecule has 29 heavy (non-hydrogen) atoms. The van der Waals surface area contributed by atoms with Gasteiger partial charge in [-0.3, -0.25) is 9.59 Å². The van der Waals surface area contributed by atoms with Crippen molar-refractivity contribution in [2.75, 3.05) is 13.1 Å². The van der Waals surface area contributed by atoms with Gasteiger partial charge in [0.2, 0.25) is 11.4 Å². The Morgan fingerprint density at radius 2 is 1.93 bits per heavy atom. The van der Waals surface area contributed by atoms with Crippen LogP contribution in [-0.2, 0) is 7.05 Å². The molecule has 1 atom stereocenters. The maximum Gasteiger partial charge on any atom is 0.255 e. The Hall–Kier alpha value is -3.48. The fourth-order valence-corrected chi connectivity index (χ4v) is 3.46. The van der Waals surface area contributed by atoms with Crippen LogP contribution in [0.5, 0.6) is 11.6 Å². The number of likely N-dealkylation sites (tertiary alicyclic amines) is 1. The number of hydrogen-bond donors (Lipinski definition) is 0. The number of ether oxygens (including phenoxy) is 1. The van der Waals surface area contributed by atoms with E-state index in [1.54, 1.807) is 30.3 Å². The molecule has 0 unspecified atom stereocenters. The summed E-state index contributed by atoms with van der Waals surface area (Å²) in [5, 5.41) is 0. The summed E-state index contributed by atoms with van der Waals surface area (Å²) in [4.78, 5) is 35.3. The number of aryl methyl sites for hydroxylation is 2. The van der Waals surface area contributed by atoms with E-state index in [4.69, 9.17) is 4.74 Å². The topological polar surface area (TPSA) is 77.3 Å². The predicted molar refractivity (Wildman–Crippen MR) is 108 cm³/mol. The number of pyridine rings is 1. The van der Waals surface area contributed by atoms with Crippen LogP contribution < -0.4 is 10.3 Å². The average molecular weight is 390 g/mol. The van der Waals surface area contributed by atoms with Gasteiger partial charge in [0.1, 0.15) is 11.6 Å². The highest BCUT2D eigenvalue weighted by molar-refractivity contribution is 5.94. The summed E-state index contributed by atoms with van der Waals surface area (Å²) in [6.07, 6.45) is 2.36. The van der Waals surface area contributed by atoms with Gasteiger partial charge in [0, 0.05) is 50.1 Å². The third-order valence-corrected chi connectivity index (χ3v) is 4.99. The minimum Gasteiger partial charge on any atom is -0.439 e. The van der Waals surface area contributed by atoms with Crippen LogP contribution >= 0.6 is 0 Å². The Labute approximate surface area is 168 Å². The molecule has 7 nitrogen and oxygen atoms in total. The van der Waals surface area contributed by atoms with Gasteiger partial charge in [-0.15, -0.1) is 0 Å². The maximum atomic E-state index is 12.8. The lowest BCUT2D eigenvalue weighted by Crippen LogP contribution is -2.30. The Balaban J connectivity index is 1.50. The molecule has 1 aromatic carbocycles. The largest absolute Gasteiger partial charge is 0.439 e. The molecule has 3 aromatic rings. The van der Waals surface area contributed by atoms with Crippen molar-refractivity contribution >= 4 is 5.91 Å². The third-order valence-electron chi connectivity index (χ3n) is 4.99. The molecule has 1 amide bonds. The molecule has 4 rings (SSSR count). The first-order chi connectivity index (χ1) is 14.0. The second-order valence-corrected chi connectivity index (χ2v) is 7.22. The molecule has 0 saturated carbocycles. The number of nitrogens with zero attached hydrogens (tertiary/aromatic N) is 4. The highest BCUT2D eigenvalue weighted by Gasteiger charge is 2.30. The third kappa shape index (κ3) is 4.18. The Bertz CT molecular complexity index is 1090. The maximum absolute atomic E-state index is 12.8. The van der Waals surface area contributed by atoms with E-state index >= 15 is 0 Å². The Morgan fingerprint density at radius 3 is 2.69 bits per heavy atom.